The standard InChI is InChI=1S/C19H14FN3O2/c1-25-16-7-5-13(6-8-16)17-12-22-9-10-23(19(24)18(22)21-17)15-4-2-3-14(20)11-15/h2-12H,1H3. The summed E-state index contributed by atoms with van der Waals surface area (Å²) in [6.07, 6.45) is 5.11. The van der Waals surface area contributed by atoms with Crippen molar-refractivity contribution in [2.45, 2.75) is 0 Å². The monoisotopic (exact) mass is 335 g/mol. The summed E-state index contributed by atoms with van der Waals surface area (Å²) < 4.78 is 21.6. The molecule has 0 aliphatic heterocycles. The average molecular weight is 335 g/mol. The molecular weight excluding hydrogens is 321 g/mol. The van der Waals surface area contributed by atoms with Crippen LogP contribution < -0.4 is 10.3 Å². The minimum Gasteiger partial charge on any atom is -0.497 e. The van der Waals surface area contributed by atoms with Crippen LogP contribution in [-0.2, 0) is 0 Å². The first-order chi connectivity index (χ1) is 12.2. The van der Waals surface area contributed by atoms with Gasteiger partial charge in [0.2, 0.25) is 5.65 Å². The number of rotatable bonds is 3. The van der Waals surface area contributed by atoms with Crippen LogP contribution in [0.1, 0.15) is 0 Å². The van der Waals surface area contributed by atoms with Crippen LogP contribution in [0.25, 0.3) is 22.6 Å². The highest BCUT2D eigenvalue weighted by atomic mass is 19.1. The van der Waals surface area contributed by atoms with E-state index in [1.807, 2.05) is 24.3 Å². The topological polar surface area (TPSA) is 48.5 Å². The van der Waals surface area contributed by atoms with Gasteiger partial charge in [-0.2, -0.15) is 0 Å². The Balaban J connectivity index is 1.83. The van der Waals surface area contributed by atoms with E-state index in [2.05, 4.69) is 4.98 Å². The number of hydrogen-bond acceptors (Lipinski definition) is 3. The van der Waals surface area contributed by atoms with Crippen molar-refractivity contribution < 1.29 is 9.13 Å². The number of ether oxygens (including phenoxy) is 1. The van der Waals surface area contributed by atoms with E-state index in [4.69, 9.17) is 4.74 Å². The van der Waals surface area contributed by atoms with Gasteiger partial charge >= 0.3 is 0 Å². The van der Waals surface area contributed by atoms with Gasteiger partial charge in [0.1, 0.15) is 11.6 Å². The third-order valence-corrected chi connectivity index (χ3v) is 3.99. The molecule has 0 radical (unpaired) electrons. The Morgan fingerprint density at radius 3 is 2.60 bits per heavy atom. The molecule has 25 heavy (non-hydrogen) atoms. The van der Waals surface area contributed by atoms with E-state index >= 15 is 0 Å². The second kappa shape index (κ2) is 5.90. The van der Waals surface area contributed by atoms with Gasteiger partial charge in [0.25, 0.3) is 5.56 Å². The third kappa shape index (κ3) is 2.67. The molecule has 2 aromatic carbocycles. The maximum atomic E-state index is 13.4. The molecule has 0 unspecified atom stereocenters. The van der Waals surface area contributed by atoms with Crippen molar-refractivity contribution in [3.05, 3.63) is 83.3 Å². The summed E-state index contributed by atoms with van der Waals surface area (Å²) >= 11 is 0. The summed E-state index contributed by atoms with van der Waals surface area (Å²) in [4.78, 5) is 17.2. The summed E-state index contributed by atoms with van der Waals surface area (Å²) in [5, 5.41) is 0. The fourth-order valence-corrected chi connectivity index (χ4v) is 2.71. The Labute approximate surface area is 142 Å². The van der Waals surface area contributed by atoms with Gasteiger partial charge in [0.15, 0.2) is 0 Å². The number of imidazole rings is 1. The van der Waals surface area contributed by atoms with Gasteiger partial charge in [-0.15, -0.1) is 0 Å². The average Bonchev–Trinajstić information content (AvgIpc) is 3.07. The number of benzene rings is 2. The van der Waals surface area contributed by atoms with Crippen LogP contribution in [0.5, 0.6) is 5.75 Å². The van der Waals surface area contributed by atoms with Crippen LogP contribution in [0, 0.1) is 5.82 Å². The molecule has 0 fully saturated rings. The van der Waals surface area contributed by atoms with Crippen molar-refractivity contribution in [2.24, 2.45) is 0 Å². The van der Waals surface area contributed by atoms with Crippen LogP contribution in [0.3, 0.4) is 0 Å². The minimum atomic E-state index is -0.397. The quantitative estimate of drug-likeness (QED) is 0.577. The first-order valence-corrected chi connectivity index (χ1v) is 7.66. The van der Waals surface area contributed by atoms with Crippen molar-refractivity contribution in [2.75, 3.05) is 7.11 Å². The molecule has 0 aliphatic carbocycles. The van der Waals surface area contributed by atoms with E-state index in [9.17, 15) is 9.18 Å². The van der Waals surface area contributed by atoms with Crippen LogP contribution in [0.2, 0.25) is 0 Å². The Morgan fingerprint density at radius 1 is 1.08 bits per heavy atom. The number of methoxy groups -OCH3 is 1. The lowest BCUT2D eigenvalue weighted by Gasteiger charge is -2.05. The summed E-state index contributed by atoms with van der Waals surface area (Å²) in [6.45, 7) is 0. The lowest BCUT2D eigenvalue weighted by molar-refractivity contribution is 0.415. The molecule has 0 saturated heterocycles. The number of halogens is 1. The number of aromatic nitrogens is 3. The second-order valence-corrected chi connectivity index (χ2v) is 5.54. The first-order valence-electron chi connectivity index (χ1n) is 7.66. The van der Waals surface area contributed by atoms with Gasteiger partial charge in [-0.25, -0.2) is 9.37 Å². The van der Waals surface area contributed by atoms with Crippen molar-refractivity contribution in [3.63, 3.8) is 0 Å². The highest BCUT2D eigenvalue weighted by Gasteiger charge is 2.10. The molecule has 2 heterocycles. The molecule has 2 aromatic heterocycles. The fraction of sp³-hybridized carbons (Fsp3) is 0.0526. The normalized spacial score (nSPS) is 11.0. The van der Waals surface area contributed by atoms with Gasteiger partial charge in [-0.3, -0.25) is 9.36 Å². The van der Waals surface area contributed by atoms with Gasteiger partial charge in [0.05, 0.1) is 18.5 Å². The number of nitrogens with zero attached hydrogens (tertiary/aromatic N) is 3. The minimum absolute atomic E-state index is 0.276. The van der Waals surface area contributed by atoms with Crippen LogP contribution >= 0.6 is 0 Å². The van der Waals surface area contributed by atoms with Gasteiger partial charge < -0.3 is 9.14 Å². The van der Waals surface area contributed by atoms with E-state index in [0.717, 1.165) is 11.3 Å². The molecule has 0 saturated carbocycles. The first kappa shape index (κ1) is 15.1. The molecule has 0 atom stereocenters. The zero-order valence-corrected chi connectivity index (χ0v) is 13.4. The van der Waals surface area contributed by atoms with Crippen molar-refractivity contribution in [3.8, 4) is 22.7 Å². The summed E-state index contributed by atoms with van der Waals surface area (Å²) in [5.41, 5.74) is 1.98. The van der Waals surface area contributed by atoms with Crippen LogP contribution in [0.15, 0.2) is 71.9 Å². The Morgan fingerprint density at radius 2 is 1.88 bits per heavy atom. The van der Waals surface area contributed by atoms with E-state index in [0.29, 0.717) is 11.4 Å². The summed E-state index contributed by atoms with van der Waals surface area (Å²) in [5.74, 6) is 0.354. The molecule has 124 valence electrons. The van der Waals surface area contributed by atoms with E-state index < -0.39 is 5.82 Å². The molecule has 0 aliphatic rings. The maximum Gasteiger partial charge on any atom is 0.298 e. The predicted octanol–water partition coefficient (Wildman–Crippen LogP) is 3.30. The second-order valence-electron chi connectivity index (χ2n) is 5.54. The molecule has 4 rings (SSSR count). The van der Waals surface area contributed by atoms with E-state index in [1.54, 1.807) is 42.2 Å². The predicted molar refractivity (Wildman–Crippen MR) is 92.7 cm³/mol. The van der Waals surface area contributed by atoms with Gasteiger partial charge in [-0.1, -0.05) is 6.07 Å². The highest BCUT2D eigenvalue weighted by molar-refractivity contribution is 5.63. The zero-order chi connectivity index (χ0) is 17.4. The highest BCUT2D eigenvalue weighted by Crippen LogP contribution is 2.21. The smallest absolute Gasteiger partial charge is 0.298 e. The number of hydrogen-bond donors (Lipinski definition) is 0. The molecular formula is C19H14FN3O2. The lowest BCUT2D eigenvalue weighted by Crippen LogP contribution is -2.20. The van der Waals surface area contributed by atoms with E-state index in [-0.39, 0.29) is 11.2 Å². The van der Waals surface area contributed by atoms with E-state index in [1.165, 1.54) is 16.7 Å². The molecule has 0 N–H and O–H groups in total. The Bertz CT molecular complexity index is 1110. The van der Waals surface area contributed by atoms with Crippen molar-refractivity contribution in [1.29, 1.82) is 0 Å². The van der Waals surface area contributed by atoms with Gasteiger partial charge in [0, 0.05) is 24.2 Å². The fourth-order valence-electron chi connectivity index (χ4n) is 2.71. The maximum absolute atomic E-state index is 13.4. The van der Waals surface area contributed by atoms with Crippen molar-refractivity contribution >= 4 is 5.65 Å². The summed E-state index contributed by atoms with van der Waals surface area (Å²) in [6, 6.07) is 13.3. The molecule has 0 spiro atoms. The molecule has 5 nitrogen and oxygen atoms in total. The third-order valence-electron chi connectivity index (χ3n) is 3.99. The van der Waals surface area contributed by atoms with Crippen LogP contribution in [0.4, 0.5) is 4.39 Å². The van der Waals surface area contributed by atoms with Gasteiger partial charge in [-0.05, 0) is 42.5 Å². The summed E-state index contributed by atoms with van der Waals surface area (Å²) in [7, 11) is 1.61. The largest absolute Gasteiger partial charge is 0.497 e. The SMILES string of the molecule is COc1ccc(-c2cn3ccn(-c4cccc(F)c4)c(=O)c3n2)cc1. The Hall–Kier alpha value is -3.41. The number of fused-ring (bicyclic) bond motifs is 1. The zero-order valence-electron chi connectivity index (χ0n) is 13.4. The Kier molecular flexibility index (Phi) is 3.57. The molecule has 4 aromatic rings. The molecule has 6 heteroatoms. The molecule has 0 amide bonds. The van der Waals surface area contributed by atoms with Crippen molar-refractivity contribution in [1.82, 2.24) is 14.0 Å². The molecule has 0 bridgehead atoms. The van der Waals surface area contributed by atoms with Crippen LogP contribution in [-0.4, -0.2) is 21.1 Å². The lowest BCUT2D eigenvalue weighted by atomic mass is 10.2.